The molecule has 0 radical (unpaired) electrons. The number of thioether (sulfide) groups is 1. The molecule has 1 atom stereocenters. The quantitative estimate of drug-likeness (QED) is 0.890. The Morgan fingerprint density at radius 1 is 1.39 bits per heavy atom. The van der Waals surface area contributed by atoms with Gasteiger partial charge in [0.15, 0.2) is 0 Å². The van der Waals surface area contributed by atoms with Gasteiger partial charge in [-0.15, -0.1) is 0 Å². The lowest BCUT2D eigenvalue weighted by atomic mass is 10.2. The van der Waals surface area contributed by atoms with Crippen LogP contribution in [0.5, 0.6) is 0 Å². The minimum absolute atomic E-state index is 0.0741. The second kappa shape index (κ2) is 7.32. The van der Waals surface area contributed by atoms with E-state index in [1.165, 1.54) is 0 Å². The van der Waals surface area contributed by atoms with Crippen molar-refractivity contribution in [3.8, 4) is 0 Å². The molecule has 1 fully saturated rings. The van der Waals surface area contributed by atoms with Gasteiger partial charge in [-0.2, -0.15) is 16.9 Å². The monoisotopic (exact) mass is 330 g/mol. The highest BCUT2D eigenvalue weighted by atomic mass is 32.2. The summed E-state index contributed by atoms with van der Waals surface area (Å²) in [5.74, 6) is 1.07. The van der Waals surface area contributed by atoms with Gasteiger partial charge in [-0.25, -0.2) is 0 Å². The SMILES string of the molecule is O=C1CCSC[C@@H](C(=O)Nc2cnn(Cc3ccccc3)c2)N1. The number of carbonyl (C=O) groups is 2. The molecule has 1 aromatic carbocycles. The molecule has 1 aliphatic heterocycles. The second-order valence-corrected chi connectivity index (χ2v) is 6.50. The summed E-state index contributed by atoms with van der Waals surface area (Å²) in [6.45, 7) is 0.646. The smallest absolute Gasteiger partial charge is 0.247 e. The summed E-state index contributed by atoms with van der Waals surface area (Å²) in [7, 11) is 0. The van der Waals surface area contributed by atoms with Crippen molar-refractivity contribution in [2.45, 2.75) is 19.0 Å². The van der Waals surface area contributed by atoms with E-state index in [2.05, 4.69) is 15.7 Å². The average molecular weight is 330 g/mol. The van der Waals surface area contributed by atoms with Crippen molar-refractivity contribution in [3.05, 3.63) is 48.3 Å². The zero-order valence-electron chi connectivity index (χ0n) is 12.6. The Labute approximate surface area is 138 Å². The Balaban J connectivity index is 1.60. The predicted molar refractivity (Wildman–Crippen MR) is 90.3 cm³/mol. The fourth-order valence-corrected chi connectivity index (χ4v) is 3.30. The molecule has 2 aromatic rings. The molecule has 2 heterocycles. The molecule has 0 spiro atoms. The molecule has 6 nitrogen and oxygen atoms in total. The Morgan fingerprint density at radius 2 is 2.22 bits per heavy atom. The van der Waals surface area contributed by atoms with Crippen LogP contribution in [0, 0.1) is 0 Å². The van der Waals surface area contributed by atoms with Crippen LogP contribution in [0.15, 0.2) is 42.7 Å². The Hall–Kier alpha value is -2.28. The van der Waals surface area contributed by atoms with Crippen LogP contribution in [0.4, 0.5) is 5.69 Å². The highest BCUT2D eigenvalue weighted by Gasteiger charge is 2.23. The van der Waals surface area contributed by atoms with E-state index < -0.39 is 6.04 Å². The summed E-state index contributed by atoms with van der Waals surface area (Å²) < 4.78 is 1.77. The van der Waals surface area contributed by atoms with Crippen LogP contribution in [0.3, 0.4) is 0 Å². The molecule has 0 aliphatic carbocycles. The van der Waals surface area contributed by atoms with Crippen LogP contribution in [-0.4, -0.2) is 39.1 Å². The maximum atomic E-state index is 12.3. The van der Waals surface area contributed by atoms with Gasteiger partial charge in [-0.05, 0) is 5.56 Å². The first-order valence-corrected chi connectivity index (χ1v) is 8.60. The van der Waals surface area contributed by atoms with Gasteiger partial charge in [0.25, 0.3) is 0 Å². The van der Waals surface area contributed by atoms with Gasteiger partial charge in [0.05, 0.1) is 18.4 Å². The minimum atomic E-state index is -0.493. The van der Waals surface area contributed by atoms with E-state index in [0.717, 1.165) is 11.3 Å². The van der Waals surface area contributed by atoms with Crippen molar-refractivity contribution in [1.29, 1.82) is 0 Å². The molecule has 0 saturated carbocycles. The standard InChI is InChI=1S/C16H18N4O2S/c21-15-6-7-23-11-14(19-15)16(22)18-13-8-17-20(10-13)9-12-4-2-1-3-5-12/h1-5,8,10,14H,6-7,9,11H2,(H,18,22)(H,19,21)/t14-/m0/s1. The summed E-state index contributed by atoms with van der Waals surface area (Å²) in [6.07, 6.45) is 3.87. The van der Waals surface area contributed by atoms with Crippen LogP contribution in [-0.2, 0) is 16.1 Å². The number of aromatic nitrogens is 2. The number of hydrogen-bond acceptors (Lipinski definition) is 4. The molecular formula is C16H18N4O2S. The van der Waals surface area contributed by atoms with Gasteiger partial charge in [0.1, 0.15) is 6.04 Å². The van der Waals surface area contributed by atoms with E-state index in [-0.39, 0.29) is 11.8 Å². The number of anilines is 1. The predicted octanol–water partition coefficient (Wildman–Crippen LogP) is 1.49. The first-order valence-electron chi connectivity index (χ1n) is 7.45. The molecule has 1 aliphatic rings. The first-order chi connectivity index (χ1) is 11.2. The van der Waals surface area contributed by atoms with Crippen molar-refractivity contribution < 1.29 is 9.59 Å². The number of hydrogen-bond donors (Lipinski definition) is 2. The second-order valence-electron chi connectivity index (χ2n) is 5.35. The molecular weight excluding hydrogens is 312 g/mol. The number of nitrogens with zero attached hydrogens (tertiary/aromatic N) is 2. The van der Waals surface area contributed by atoms with Crippen molar-refractivity contribution in [2.75, 3.05) is 16.8 Å². The Morgan fingerprint density at radius 3 is 3.04 bits per heavy atom. The number of rotatable bonds is 4. The van der Waals surface area contributed by atoms with Crippen molar-refractivity contribution >= 4 is 29.3 Å². The normalized spacial score (nSPS) is 18.1. The molecule has 3 rings (SSSR count). The van der Waals surface area contributed by atoms with E-state index in [9.17, 15) is 9.59 Å². The van der Waals surface area contributed by atoms with Gasteiger partial charge in [0, 0.05) is 24.1 Å². The minimum Gasteiger partial charge on any atom is -0.343 e. The lowest BCUT2D eigenvalue weighted by molar-refractivity contribution is -0.125. The Bertz CT molecular complexity index is 686. The average Bonchev–Trinajstić information content (AvgIpc) is 2.85. The summed E-state index contributed by atoms with van der Waals surface area (Å²) >= 11 is 1.61. The van der Waals surface area contributed by atoms with Crippen LogP contribution < -0.4 is 10.6 Å². The maximum absolute atomic E-state index is 12.3. The summed E-state index contributed by atoms with van der Waals surface area (Å²) in [6, 6.07) is 9.49. The van der Waals surface area contributed by atoms with E-state index in [1.807, 2.05) is 30.3 Å². The third-order valence-corrected chi connectivity index (χ3v) is 4.56. The molecule has 120 valence electrons. The van der Waals surface area contributed by atoms with Crippen LogP contribution in [0.2, 0.25) is 0 Å². The van der Waals surface area contributed by atoms with Crippen LogP contribution in [0.1, 0.15) is 12.0 Å². The lowest BCUT2D eigenvalue weighted by Gasteiger charge is -2.14. The molecule has 1 saturated heterocycles. The molecule has 7 heteroatoms. The zero-order valence-corrected chi connectivity index (χ0v) is 13.4. The Kier molecular flexibility index (Phi) is 4.97. The molecule has 1 aromatic heterocycles. The summed E-state index contributed by atoms with van der Waals surface area (Å²) in [5.41, 5.74) is 1.77. The molecule has 0 unspecified atom stereocenters. The third-order valence-electron chi connectivity index (χ3n) is 3.50. The molecule has 0 bridgehead atoms. The van der Waals surface area contributed by atoms with E-state index in [0.29, 0.717) is 24.4 Å². The van der Waals surface area contributed by atoms with Crippen LogP contribution >= 0.6 is 11.8 Å². The van der Waals surface area contributed by atoms with E-state index in [1.54, 1.807) is 28.8 Å². The third kappa shape index (κ3) is 4.35. The molecule has 2 amide bonds. The highest BCUT2D eigenvalue weighted by molar-refractivity contribution is 7.99. The van der Waals surface area contributed by atoms with Gasteiger partial charge < -0.3 is 10.6 Å². The fourth-order valence-electron chi connectivity index (χ4n) is 2.33. The van der Waals surface area contributed by atoms with Crippen molar-refractivity contribution in [2.24, 2.45) is 0 Å². The highest BCUT2D eigenvalue weighted by Crippen LogP contribution is 2.13. The number of amides is 2. The summed E-state index contributed by atoms with van der Waals surface area (Å²) in [4.78, 5) is 23.8. The van der Waals surface area contributed by atoms with Crippen molar-refractivity contribution in [3.63, 3.8) is 0 Å². The fraction of sp³-hybridized carbons (Fsp3) is 0.312. The van der Waals surface area contributed by atoms with Gasteiger partial charge in [0.2, 0.25) is 11.8 Å². The maximum Gasteiger partial charge on any atom is 0.247 e. The molecule has 2 N–H and O–H groups in total. The lowest BCUT2D eigenvalue weighted by Crippen LogP contribution is -2.44. The zero-order chi connectivity index (χ0) is 16.1. The number of carbonyl (C=O) groups excluding carboxylic acids is 2. The van der Waals surface area contributed by atoms with Gasteiger partial charge in [-0.3, -0.25) is 14.3 Å². The number of nitrogens with one attached hydrogen (secondary N) is 2. The van der Waals surface area contributed by atoms with Crippen molar-refractivity contribution in [1.82, 2.24) is 15.1 Å². The van der Waals surface area contributed by atoms with Crippen LogP contribution in [0.25, 0.3) is 0 Å². The summed E-state index contributed by atoms with van der Waals surface area (Å²) in [5, 5.41) is 9.81. The topological polar surface area (TPSA) is 76.0 Å². The van der Waals surface area contributed by atoms with Gasteiger partial charge >= 0.3 is 0 Å². The molecule has 23 heavy (non-hydrogen) atoms. The largest absolute Gasteiger partial charge is 0.343 e. The first kappa shape index (κ1) is 15.6. The number of benzene rings is 1. The van der Waals surface area contributed by atoms with Gasteiger partial charge in [-0.1, -0.05) is 30.3 Å². The van der Waals surface area contributed by atoms with E-state index >= 15 is 0 Å². The van der Waals surface area contributed by atoms with E-state index in [4.69, 9.17) is 0 Å².